The van der Waals surface area contributed by atoms with Crippen molar-refractivity contribution in [2.24, 2.45) is 5.73 Å². The van der Waals surface area contributed by atoms with Crippen LogP contribution in [0.1, 0.15) is 29.1 Å². The van der Waals surface area contributed by atoms with Crippen LogP contribution in [0.4, 0.5) is 0 Å². The maximum Gasteiger partial charge on any atom is 0.124 e. The minimum Gasteiger partial charge on any atom is -0.493 e. The summed E-state index contributed by atoms with van der Waals surface area (Å²) in [6, 6.07) is 5.90. The van der Waals surface area contributed by atoms with E-state index in [0.717, 1.165) is 27.9 Å². The maximum atomic E-state index is 5.97. The lowest BCUT2D eigenvalue weighted by molar-refractivity contribution is 0.317. The maximum absolute atomic E-state index is 5.97. The van der Waals surface area contributed by atoms with Gasteiger partial charge in [-0.3, -0.25) is 0 Å². The number of aryl methyl sites for hydroxylation is 1. The van der Waals surface area contributed by atoms with Crippen LogP contribution in [0.3, 0.4) is 0 Å². The number of thiazole rings is 1. The van der Waals surface area contributed by atoms with Gasteiger partial charge in [-0.2, -0.15) is 0 Å². The van der Waals surface area contributed by atoms with E-state index in [2.05, 4.69) is 20.9 Å². The molecule has 0 fully saturated rings. The van der Waals surface area contributed by atoms with E-state index in [1.165, 1.54) is 4.88 Å². The summed E-state index contributed by atoms with van der Waals surface area (Å²) in [5.41, 5.74) is 9.96. The molecule has 0 saturated heterocycles. The molecule has 3 nitrogen and oxygen atoms in total. The van der Waals surface area contributed by atoms with Gasteiger partial charge < -0.3 is 10.5 Å². The molecule has 0 radical (unpaired) electrons. The monoisotopic (exact) mass is 340 g/mol. The second-order valence-corrected chi connectivity index (χ2v) is 6.29. The van der Waals surface area contributed by atoms with Gasteiger partial charge in [-0.05, 0) is 32.0 Å². The second-order valence-electron chi connectivity index (χ2n) is 4.43. The van der Waals surface area contributed by atoms with Crippen LogP contribution in [0.25, 0.3) is 0 Å². The molecule has 102 valence electrons. The van der Waals surface area contributed by atoms with Gasteiger partial charge in [0.25, 0.3) is 0 Å². The molecule has 0 spiro atoms. The Morgan fingerprint density at radius 1 is 1.47 bits per heavy atom. The first kappa shape index (κ1) is 14.5. The average Bonchev–Trinajstić information content (AvgIpc) is 2.77. The van der Waals surface area contributed by atoms with Crippen molar-refractivity contribution >= 4 is 27.3 Å². The fraction of sp³-hybridized carbons (Fsp3) is 0.357. The molecule has 0 aliphatic heterocycles. The summed E-state index contributed by atoms with van der Waals surface area (Å²) in [7, 11) is 0. The number of nitrogens with zero attached hydrogens (tertiary/aromatic N) is 1. The molecule has 2 rings (SSSR count). The number of rotatable bonds is 5. The zero-order valence-corrected chi connectivity index (χ0v) is 13.4. The van der Waals surface area contributed by atoms with Gasteiger partial charge in [0.15, 0.2) is 0 Å². The number of halogens is 1. The van der Waals surface area contributed by atoms with Crippen molar-refractivity contribution in [1.29, 1.82) is 0 Å². The standard InChI is InChI=1S/C14H17BrN2OS/c1-9(16)12-7-11(15)3-4-13(12)18-6-5-14-10(2)17-8-19-14/h3-4,7-9H,5-6,16H2,1-2H3. The summed E-state index contributed by atoms with van der Waals surface area (Å²) in [6.07, 6.45) is 0.880. The fourth-order valence-corrected chi connectivity index (χ4v) is 2.97. The molecule has 1 heterocycles. The van der Waals surface area contributed by atoms with Crippen molar-refractivity contribution in [3.05, 3.63) is 44.3 Å². The zero-order valence-electron chi connectivity index (χ0n) is 11.0. The normalized spacial score (nSPS) is 12.4. The Morgan fingerprint density at radius 3 is 2.89 bits per heavy atom. The Kier molecular flexibility index (Phi) is 4.96. The minimum atomic E-state index is -0.0439. The highest BCUT2D eigenvalue weighted by Crippen LogP contribution is 2.27. The van der Waals surface area contributed by atoms with Crippen molar-refractivity contribution in [2.75, 3.05) is 6.61 Å². The molecule has 0 saturated carbocycles. The zero-order chi connectivity index (χ0) is 13.8. The van der Waals surface area contributed by atoms with Crippen molar-refractivity contribution in [3.8, 4) is 5.75 Å². The predicted octanol–water partition coefficient (Wildman–Crippen LogP) is 3.86. The first-order chi connectivity index (χ1) is 9.08. The lowest BCUT2D eigenvalue weighted by Crippen LogP contribution is -2.09. The van der Waals surface area contributed by atoms with E-state index in [0.29, 0.717) is 6.61 Å². The summed E-state index contributed by atoms with van der Waals surface area (Å²) in [4.78, 5) is 5.51. The number of benzene rings is 1. The van der Waals surface area contributed by atoms with Crippen LogP contribution in [0.15, 0.2) is 28.2 Å². The van der Waals surface area contributed by atoms with Gasteiger partial charge in [0.1, 0.15) is 5.75 Å². The number of hydrogen-bond donors (Lipinski definition) is 1. The molecular formula is C14H17BrN2OS. The van der Waals surface area contributed by atoms with E-state index in [4.69, 9.17) is 10.5 Å². The van der Waals surface area contributed by atoms with E-state index >= 15 is 0 Å². The Balaban J connectivity index is 2.01. The van der Waals surface area contributed by atoms with Crippen molar-refractivity contribution in [3.63, 3.8) is 0 Å². The summed E-state index contributed by atoms with van der Waals surface area (Å²) in [5.74, 6) is 0.861. The molecule has 1 unspecified atom stereocenters. The second kappa shape index (κ2) is 6.50. The third kappa shape index (κ3) is 3.78. The fourth-order valence-electron chi connectivity index (χ4n) is 1.83. The van der Waals surface area contributed by atoms with Gasteiger partial charge in [-0.15, -0.1) is 11.3 Å². The van der Waals surface area contributed by atoms with E-state index < -0.39 is 0 Å². The smallest absolute Gasteiger partial charge is 0.124 e. The predicted molar refractivity (Wildman–Crippen MR) is 82.8 cm³/mol. The van der Waals surface area contributed by atoms with Crippen LogP contribution in [-0.2, 0) is 6.42 Å². The van der Waals surface area contributed by atoms with Crippen LogP contribution in [0.5, 0.6) is 5.75 Å². The molecule has 1 aromatic carbocycles. The molecule has 0 aliphatic carbocycles. The number of hydrogen-bond acceptors (Lipinski definition) is 4. The summed E-state index contributed by atoms with van der Waals surface area (Å²) in [6.45, 7) is 4.63. The highest BCUT2D eigenvalue weighted by molar-refractivity contribution is 9.10. The molecule has 0 bridgehead atoms. The first-order valence-corrected chi connectivity index (χ1v) is 7.82. The summed E-state index contributed by atoms with van der Waals surface area (Å²) >= 11 is 5.13. The van der Waals surface area contributed by atoms with E-state index in [1.54, 1.807) is 11.3 Å². The SMILES string of the molecule is Cc1ncsc1CCOc1ccc(Br)cc1C(C)N. The van der Waals surface area contributed by atoms with Gasteiger partial charge in [0.2, 0.25) is 0 Å². The van der Waals surface area contributed by atoms with Crippen LogP contribution in [-0.4, -0.2) is 11.6 Å². The Bertz CT molecular complexity index is 554. The molecule has 0 amide bonds. The Hall–Kier alpha value is -0.910. The Labute approximate surface area is 125 Å². The van der Waals surface area contributed by atoms with E-state index in [1.807, 2.05) is 37.6 Å². The molecule has 5 heteroatoms. The average molecular weight is 341 g/mol. The first-order valence-electron chi connectivity index (χ1n) is 6.14. The van der Waals surface area contributed by atoms with Gasteiger partial charge >= 0.3 is 0 Å². The van der Waals surface area contributed by atoms with Gasteiger partial charge in [0, 0.05) is 27.4 Å². The van der Waals surface area contributed by atoms with Gasteiger partial charge in [0.05, 0.1) is 17.8 Å². The molecule has 2 aromatic rings. The quantitative estimate of drug-likeness (QED) is 0.898. The van der Waals surface area contributed by atoms with Crippen LogP contribution < -0.4 is 10.5 Å². The highest BCUT2D eigenvalue weighted by atomic mass is 79.9. The molecular weight excluding hydrogens is 324 g/mol. The molecule has 2 N–H and O–H groups in total. The minimum absolute atomic E-state index is 0.0439. The molecule has 19 heavy (non-hydrogen) atoms. The topological polar surface area (TPSA) is 48.1 Å². The number of ether oxygens (including phenoxy) is 1. The van der Waals surface area contributed by atoms with Crippen LogP contribution in [0, 0.1) is 6.92 Å². The van der Waals surface area contributed by atoms with Crippen molar-refractivity contribution < 1.29 is 4.74 Å². The molecule has 1 atom stereocenters. The molecule has 1 aromatic heterocycles. The number of nitrogens with two attached hydrogens (primary N) is 1. The third-order valence-corrected chi connectivity index (χ3v) is 4.38. The van der Waals surface area contributed by atoms with Gasteiger partial charge in [-0.1, -0.05) is 15.9 Å². The lowest BCUT2D eigenvalue weighted by atomic mass is 10.1. The van der Waals surface area contributed by atoms with Crippen LogP contribution in [0.2, 0.25) is 0 Å². The van der Waals surface area contributed by atoms with Crippen molar-refractivity contribution in [1.82, 2.24) is 4.98 Å². The highest BCUT2D eigenvalue weighted by Gasteiger charge is 2.09. The van der Waals surface area contributed by atoms with Crippen molar-refractivity contribution in [2.45, 2.75) is 26.3 Å². The summed E-state index contributed by atoms with van der Waals surface area (Å²) < 4.78 is 6.88. The lowest BCUT2D eigenvalue weighted by Gasteiger charge is -2.14. The van der Waals surface area contributed by atoms with E-state index in [-0.39, 0.29) is 6.04 Å². The summed E-state index contributed by atoms with van der Waals surface area (Å²) in [5, 5.41) is 0. The largest absolute Gasteiger partial charge is 0.493 e. The third-order valence-electron chi connectivity index (χ3n) is 2.89. The van der Waals surface area contributed by atoms with E-state index in [9.17, 15) is 0 Å². The van der Waals surface area contributed by atoms with Gasteiger partial charge in [-0.25, -0.2) is 4.98 Å². The molecule has 0 aliphatic rings. The Morgan fingerprint density at radius 2 is 2.26 bits per heavy atom. The number of aromatic nitrogens is 1. The van der Waals surface area contributed by atoms with Crippen LogP contribution >= 0.6 is 27.3 Å².